The predicted molar refractivity (Wildman–Crippen MR) is 132 cm³/mol. The highest BCUT2D eigenvalue weighted by atomic mass is 19.3. The topological polar surface area (TPSA) is 86.6 Å². The number of halogens is 2. The molecule has 3 heterocycles. The lowest BCUT2D eigenvalue weighted by molar-refractivity contribution is -0.0502. The second-order valence-corrected chi connectivity index (χ2v) is 9.24. The number of methoxy groups -OCH3 is 1. The van der Waals surface area contributed by atoms with E-state index in [1.54, 1.807) is 22.9 Å². The van der Waals surface area contributed by atoms with Crippen LogP contribution in [0, 0.1) is 0 Å². The predicted octanol–water partition coefficient (Wildman–Crippen LogP) is 3.60. The zero-order valence-corrected chi connectivity index (χ0v) is 20.8. The molecule has 2 aliphatic rings. The van der Waals surface area contributed by atoms with E-state index >= 15 is 0 Å². The number of hydrogen-bond acceptors (Lipinski definition) is 7. The van der Waals surface area contributed by atoms with Gasteiger partial charge >= 0.3 is 6.61 Å². The quantitative estimate of drug-likeness (QED) is 0.441. The highest BCUT2D eigenvalue weighted by Crippen LogP contribution is 2.37. The Labute approximate surface area is 213 Å². The summed E-state index contributed by atoms with van der Waals surface area (Å²) in [7, 11) is 1.38. The van der Waals surface area contributed by atoms with Crippen molar-refractivity contribution in [2.75, 3.05) is 40.0 Å². The van der Waals surface area contributed by atoms with E-state index in [2.05, 4.69) is 22.1 Å². The number of benzene rings is 1. The molecule has 11 heteroatoms. The van der Waals surface area contributed by atoms with Crippen molar-refractivity contribution in [1.29, 1.82) is 0 Å². The SMILES string of the molecule is COc1cc(-c2cnc3cc(OCCN4CCOC(C)C4)ccn23)cc(OC(F)F)c1C(=O)NC1CC1. The molecule has 1 atom stereocenters. The van der Waals surface area contributed by atoms with Crippen LogP contribution in [0.1, 0.15) is 30.1 Å². The minimum absolute atomic E-state index is 0.0453. The van der Waals surface area contributed by atoms with Crippen LogP contribution in [0.2, 0.25) is 0 Å². The second kappa shape index (κ2) is 10.9. The lowest BCUT2D eigenvalue weighted by atomic mass is 10.1. The van der Waals surface area contributed by atoms with Gasteiger partial charge in [0, 0.05) is 43.5 Å². The largest absolute Gasteiger partial charge is 0.496 e. The Morgan fingerprint density at radius 3 is 2.81 bits per heavy atom. The zero-order valence-electron chi connectivity index (χ0n) is 20.8. The number of nitrogens with zero attached hydrogens (tertiary/aromatic N) is 3. The minimum atomic E-state index is -3.10. The third-order valence-electron chi connectivity index (χ3n) is 6.42. The van der Waals surface area contributed by atoms with Crippen LogP contribution in [0.3, 0.4) is 0 Å². The van der Waals surface area contributed by atoms with Crippen molar-refractivity contribution in [3.8, 4) is 28.5 Å². The second-order valence-electron chi connectivity index (χ2n) is 9.24. The molecule has 9 nitrogen and oxygen atoms in total. The van der Waals surface area contributed by atoms with Crippen LogP contribution < -0.4 is 19.5 Å². The molecule has 5 rings (SSSR count). The fourth-order valence-corrected chi connectivity index (χ4v) is 4.45. The molecule has 198 valence electrons. The number of rotatable bonds is 10. The van der Waals surface area contributed by atoms with E-state index in [1.165, 1.54) is 13.2 Å². The fourth-order valence-electron chi connectivity index (χ4n) is 4.45. The number of morpholine rings is 1. The first kappa shape index (κ1) is 25.2. The van der Waals surface area contributed by atoms with E-state index in [4.69, 9.17) is 18.9 Å². The molecule has 3 aromatic rings. The van der Waals surface area contributed by atoms with Gasteiger partial charge in [0.05, 0.1) is 31.7 Å². The number of carbonyl (C=O) groups excluding carboxylic acids is 1. The smallest absolute Gasteiger partial charge is 0.387 e. The highest BCUT2D eigenvalue weighted by molar-refractivity contribution is 6.01. The van der Waals surface area contributed by atoms with Gasteiger partial charge in [0.1, 0.15) is 35.1 Å². The van der Waals surface area contributed by atoms with E-state index in [-0.39, 0.29) is 29.2 Å². The Bertz CT molecular complexity index is 1260. The van der Waals surface area contributed by atoms with Gasteiger partial charge in [-0.25, -0.2) is 4.98 Å². The van der Waals surface area contributed by atoms with Gasteiger partial charge in [-0.1, -0.05) is 0 Å². The monoisotopic (exact) mass is 516 g/mol. The average Bonchev–Trinajstić information content (AvgIpc) is 3.58. The molecule has 1 amide bonds. The summed E-state index contributed by atoms with van der Waals surface area (Å²) in [6.45, 7) is 2.79. The van der Waals surface area contributed by atoms with Crippen molar-refractivity contribution in [1.82, 2.24) is 19.6 Å². The Hall–Kier alpha value is -3.44. The minimum Gasteiger partial charge on any atom is -0.496 e. The molecular formula is C26H30F2N4O5. The first-order valence-corrected chi connectivity index (χ1v) is 12.3. The lowest BCUT2D eigenvalue weighted by Gasteiger charge is -2.30. The number of fused-ring (bicyclic) bond motifs is 1. The molecule has 0 radical (unpaired) electrons. The first-order valence-electron chi connectivity index (χ1n) is 12.3. The Balaban J connectivity index is 1.37. The van der Waals surface area contributed by atoms with E-state index in [1.807, 2.05) is 12.1 Å². The van der Waals surface area contributed by atoms with E-state index in [0.717, 1.165) is 39.1 Å². The number of imidazole rings is 1. The maximum Gasteiger partial charge on any atom is 0.387 e. The molecule has 0 spiro atoms. The van der Waals surface area contributed by atoms with Crippen LogP contribution in [0.15, 0.2) is 36.7 Å². The number of nitrogens with one attached hydrogen (secondary N) is 1. The molecule has 1 aliphatic heterocycles. The van der Waals surface area contributed by atoms with Gasteiger partial charge in [0.2, 0.25) is 0 Å². The molecule has 1 saturated carbocycles. The van der Waals surface area contributed by atoms with Crippen molar-refractivity contribution in [2.24, 2.45) is 0 Å². The summed E-state index contributed by atoms with van der Waals surface area (Å²) in [4.78, 5) is 19.5. The summed E-state index contributed by atoms with van der Waals surface area (Å²) in [6, 6.07) is 6.72. The van der Waals surface area contributed by atoms with Gasteiger partial charge < -0.3 is 24.3 Å². The zero-order chi connectivity index (χ0) is 25.9. The Morgan fingerprint density at radius 1 is 1.27 bits per heavy atom. The summed E-state index contributed by atoms with van der Waals surface area (Å²) in [5, 5.41) is 2.80. The van der Waals surface area contributed by atoms with Gasteiger partial charge in [-0.05, 0) is 38.0 Å². The van der Waals surface area contributed by atoms with Crippen molar-refractivity contribution in [3.05, 3.63) is 42.2 Å². The molecule has 0 bridgehead atoms. The van der Waals surface area contributed by atoms with Crippen LogP contribution >= 0.6 is 0 Å². The molecule has 1 unspecified atom stereocenters. The fraction of sp³-hybridized carbons (Fsp3) is 0.462. The Kier molecular flexibility index (Phi) is 7.43. The van der Waals surface area contributed by atoms with Crippen LogP contribution in [0.5, 0.6) is 17.2 Å². The van der Waals surface area contributed by atoms with Crippen molar-refractivity contribution < 1.29 is 32.5 Å². The molecular weight excluding hydrogens is 486 g/mol. The molecule has 1 N–H and O–H groups in total. The number of carbonyl (C=O) groups is 1. The van der Waals surface area contributed by atoms with E-state index in [0.29, 0.717) is 29.3 Å². The van der Waals surface area contributed by atoms with Gasteiger partial charge in [-0.15, -0.1) is 0 Å². The summed E-state index contributed by atoms with van der Waals surface area (Å²) in [6.07, 6.45) is 5.37. The van der Waals surface area contributed by atoms with Crippen LogP contribution in [-0.4, -0.2) is 78.9 Å². The maximum atomic E-state index is 13.3. The van der Waals surface area contributed by atoms with Crippen LogP contribution in [0.4, 0.5) is 8.78 Å². The molecule has 2 aromatic heterocycles. The van der Waals surface area contributed by atoms with Crippen molar-refractivity contribution in [3.63, 3.8) is 0 Å². The Morgan fingerprint density at radius 2 is 2.08 bits per heavy atom. The van der Waals surface area contributed by atoms with E-state index < -0.39 is 12.5 Å². The molecule has 37 heavy (non-hydrogen) atoms. The third kappa shape index (κ3) is 5.94. The maximum absolute atomic E-state index is 13.3. The summed E-state index contributed by atoms with van der Waals surface area (Å²) >= 11 is 0. The van der Waals surface area contributed by atoms with Gasteiger partial charge in [0.15, 0.2) is 0 Å². The van der Waals surface area contributed by atoms with Gasteiger partial charge in [-0.2, -0.15) is 8.78 Å². The number of pyridine rings is 1. The molecule has 1 aromatic carbocycles. The summed E-state index contributed by atoms with van der Waals surface area (Å²) in [5.74, 6) is 0.0545. The lowest BCUT2D eigenvalue weighted by Crippen LogP contribution is -2.42. The van der Waals surface area contributed by atoms with Crippen molar-refractivity contribution in [2.45, 2.75) is 38.5 Å². The standard InChI is InChI=1S/C26H30F2N4O5/c1-16-15-31(7-9-35-16)8-10-36-19-5-6-32-20(14-29-23(32)13-19)17-11-21(34-2)24(22(12-17)37-26(27)28)25(33)30-18-3-4-18/h5-6,11-14,16,18,26H,3-4,7-10,15H2,1-2H3,(H,30,33). The molecule has 2 fully saturated rings. The van der Waals surface area contributed by atoms with Gasteiger partial charge in [-0.3, -0.25) is 14.1 Å². The third-order valence-corrected chi connectivity index (χ3v) is 6.42. The number of hydrogen-bond donors (Lipinski definition) is 1. The normalized spacial score (nSPS) is 18.2. The number of alkyl halides is 2. The van der Waals surface area contributed by atoms with Crippen molar-refractivity contribution >= 4 is 11.6 Å². The number of amides is 1. The summed E-state index contributed by atoms with van der Waals surface area (Å²) < 4.78 is 50.0. The first-order chi connectivity index (χ1) is 17.9. The number of ether oxygens (including phenoxy) is 4. The number of aromatic nitrogens is 2. The van der Waals surface area contributed by atoms with E-state index in [9.17, 15) is 13.6 Å². The van der Waals surface area contributed by atoms with Gasteiger partial charge in [0.25, 0.3) is 5.91 Å². The van der Waals surface area contributed by atoms with Crippen LogP contribution in [0.25, 0.3) is 16.9 Å². The molecule has 1 saturated heterocycles. The molecule has 1 aliphatic carbocycles. The average molecular weight is 517 g/mol. The van der Waals surface area contributed by atoms with Crippen LogP contribution in [-0.2, 0) is 4.74 Å². The highest BCUT2D eigenvalue weighted by Gasteiger charge is 2.29. The summed E-state index contributed by atoms with van der Waals surface area (Å²) in [5.41, 5.74) is 1.70.